The Morgan fingerprint density at radius 3 is 2.61 bits per heavy atom. The number of imide groups is 1. The Morgan fingerprint density at radius 1 is 1.09 bits per heavy atom. The second kappa shape index (κ2) is 8.76. The molecule has 0 atom stereocenters. The number of rotatable bonds is 6. The number of aromatic nitrogens is 3. The zero-order valence-electron chi connectivity index (χ0n) is 17.3. The summed E-state index contributed by atoms with van der Waals surface area (Å²) in [5.74, 6) is -0.819. The Hall–Kier alpha value is -3.56. The van der Waals surface area contributed by atoms with Crippen molar-refractivity contribution >= 4 is 61.7 Å². The molecule has 5 rings (SSSR count). The normalized spacial score (nSPS) is 13.8. The smallest absolute Gasteiger partial charge is 0.260 e. The van der Waals surface area contributed by atoms with Gasteiger partial charge in [0.05, 0.1) is 22.0 Å². The quantitative estimate of drug-likeness (QED) is 0.388. The minimum Gasteiger partial charge on any atom is -0.282 e. The van der Waals surface area contributed by atoms with Gasteiger partial charge in [0.15, 0.2) is 5.13 Å². The fourth-order valence-electron chi connectivity index (χ4n) is 3.74. The zero-order valence-corrected chi connectivity index (χ0v) is 18.9. The summed E-state index contributed by atoms with van der Waals surface area (Å²) >= 11 is 7.68. The van der Waals surface area contributed by atoms with E-state index in [4.69, 9.17) is 11.6 Å². The van der Waals surface area contributed by atoms with Crippen LogP contribution in [-0.4, -0.2) is 39.0 Å². The molecule has 33 heavy (non-hydrogen) atoms. The van der Waals surface area contributed by atoms with E-state index in [1.165, 1.54) is 11.3 Å². The number of para-hydroxylation sites is 1. The number of carbonyl (C=O) groups excluding carboxylic acids is 3. The Morgan fingerprint density at radius 2 is 1.88 bits per heavy atom. The van der Waals surface area contributed by atoms with Gasteiger partial charge in [-0.1, -0.05) is 35.1 Å². The number of benzene rings is 2. The molecular formula is C23H18ClN5O3S. The molecule has 2 aromatic heterocycles. The first-order chi connectivity index (χ1) is 16.0. The molecule has 1 aliphatic rings. The third kappa shape index (κ3) is 4.12. The number of halogens is 1. The fraction of sp³-hybridized carbons (Fsp3) is 0.174. The van der Waals surface area contributed by atoms with E-state index in [1.807, 2.05) is 24.4 Å². The van der Waals surface area contributed by atoms with Crippen LogP contribution >= 0.6 is 22.9 Å². The molecule has 1 fully saturated rings. The molecule has 0 spiro atoms. The van der Waals surface area contributed by atoms with Crippen LogP contribution in [-0.2, 0) is 16.1 Å². The summed E-state index contributed by atoms with van der Waals surface area (Å²) in [6.07, 6.45) is 3.86. The number of thiazole rings is 1. The van der Waals surface area contributed by atoms with Gasteiger partial charge in [-0.15, -0.1) is 0 Å². The van der Waals surface area contributed by atoms with Crippen molar-refractivity contribution < 1.29 is 14.4 Å². The van der Waals surface area contributed by atoms with E-state index in [2.05, 4.69) is 10.1 Å². The van der Waals surface area contributed by atoms with Gasteiger partial charge >= 0.3 is 0 Å². The van der Waals surface area contributed by atoms with Gasteiger partial charge in [0.25, 0.3) is 5.91 Å². The molecule has 0 unspecified atom stereocenters. The maximum atomic E-state index is 13.6. The van der Waals surface area contributed by atoms with Gasteiger partial charge in [0, 0.05) is 37.3 Å². The van der Waals surface area contributed by atoms with E-state index in [9.17, 15) is 14.4 Å². The highest BCUT2D eigenvalue weighted by atomic mass is 35.5. The summed E-state index contributed by atoms with van der Waals surface area (Å²) in [5, 5.41) is 5.24. The van der Waals surface area contributed by atoms with Gasteiger partial charge in [0.1, 0.15) is 5.52 Å². The molecule has 1 saturated heterocycles. The Labute approximate surface area is 198 Å². The van der Waals surface area contributed by atoms with Crippen molar-refractivity contribution in [3.05, 3.63) is 71.5 Å². The summed E-state index contributed by atoms with van der Waals surface area (Å²) in [4.78, 5) is 45.3. The van der Waals surface area contributed by atoms with Crippen LogP contribution in [0.2, 0.25) is 5.02 Å². The Balaban J connectivity index is 1.51. The topological polar surface area (TPSA) is 88.4 Å². The summed E-state index contributed by atoms with van der Waals surface area (Å²) in [6, 6.07) is 13.9. The largest absolute Gasteiger partial charge is 0.282 e. The summed E-state index contributed by atoms with van der Waals surface area (Å²) in [5.41, 5.74) is 1.39. The molecule has 3 amide bonds. The van der Waals surface area contributed by atoms with Crippen LogP contribution in [0.15, 0.2) is 60.9 Å². The monoisotopic (exact) mass is 479 g/mol. The maximum absolute atomic E-state index is 13.6. The average molecular weight is 480 g/mol. The molecule has 0 saturated carbocycles. The van der Waals surface area contributed by atoms with Crippen LogP contribution in [0.3, 0.4) is 0 Å². The predicted molar refractivity (Wildman–Crippen MR) is 127 cm³/mol. The molecule has 4 aromatic rings. The number of anilines is 2. The van der Waals surface area contributed by atoms with E-state index < -0.39 is 0 Å². The number of carbonyl (C=O) groups is 3. The highest BCUT2D eigenvalue weighted by molar-refractivity contribution is 7.22. The predicted octanol–water partition coefficient (Wildman–Crippen LogP) is 4.15. The first kappa shape index (κ1) is 21.3. The van der Waals surface area contributed by atoms with Crippen LogP contribution in [0.1, 0.15) is 23.2 Å². The number of hydrogen-bond acceptors (Lipinski definition) is 6. The van der Waals surface area contributed by atoms with Gasteiger partial charge in [-0.05, 0) is 36.4 Å². The van der Waals surface area contributed by atoms with E-state index in [-0.39, 0.29) is 30.6 Å². The second-order valence-electron chi connectivity index (χ2n) is 7.48. The lowest BCUT2D eigenvalue weighted by Gasteiger charge is -2.21. The minimum absolute atomic E-state index is 0.180. The highest BCUT2D eigenvalue weighted by Crippen LogP contribution is 2.34. The molecule has 8 nitrogen and oxygen atoms in total. The lowest BCUT2D eigenvalue weighted by Crippen LogP contribution is -2.34. The molecule has 0 bridgehead atoms. The first-order valence-corrected chi connectivity index (χ1v) is 11.5. The van der Waals surface area contributed by atoms with Crippen molar-refractivity contribution in [1.29, 1.82) is 0 Å². The molecular weight excluding hydrogens is 462 g/mol. The molecule has 3 heterocycles. The lowest BCUT2D eigenvalue weighted by atomic mass is 10.1. The van der Waals surface area contributed by atoms with Gasteiger partial charge < -0.3 is 0 Å². The van der Waals surface area contributed by atoms with Crippen molar-refractivity contribution in [3.8, 4) is 0 Å². The molecule has 166 valence electrons. The van der Waals surface area contributed by atoms with Crippen molar-refractivity contribution in [1.82, 2.24) is 14.8 Å². The standard InChI is InChI=1S/C23H18ClN5O3S/c24-17-6-2-7-18-21(17)26-23(33-18)28(13-12-27-11-3-10-25-27)22(32)15-4-1-5-16(14-15)29-19(30)8-9-20(29)31/h1-7,10-11,14H,8-9,12-13H2. The molecule has 10 heteroatoms. The molecule has 0 radical (unpaired) electrons. The second-order valence-corrected chi connectivity index (χ2v) is 8.90. The van der Waals surface area contributed by atoms with Gasteiger partial charge in [-0.25, -0.2) is 4.98 Å². The van der Waals surface area contributed by atoms with E-state index in [0.717, 1.165) is 9.60 Å². The van der Waals surface area contributed by atoms with Crippen molar-refractivity contribution in [2.75, 3.05) is 16.3 Å². The van der Waals surface area contributed by atoms with E-state index >= 15 is 0 Å². The van der Waals surface area contributed by atoms with Gasteiger partial charge in [-0.3, -0.25) is 28.9 Å². The van der Waals surface area contributed by atoms with Crippen LogP contribution in [0, 0.1) is 0 Å². The van der Waals surface area contributed by atoms with Crippen LogP contribution in [0.4, 0.5) is 10.8 Å². The van der Waals surface area contributed by atoms with E-state index in [0.29, 0.717) is 40.0 Å². The third-order valence-electron chi connectivity index (χ3n) is 5.35. The summed E-state index contributed by atoms with van der Waals surface area (Å²) < 4.78 is 2.61. The number of hydrogen-bond donors (Lipinski definition) is 0. The van der Waals surface area contributed by atoms with Crippen LogP contribution in [0.25, 0.3) is 10.2 Å². The molecule has 0 N–H and O–H groups in total. The molecule has 0 aliphatic carbocycles. The Kier molecular flexibility index (Phi) is 5.65. The number of amides is 3. The first-order valence-electron chi connectivity index (χ1n) is 10.3. The van der Waals surface area contributed by atoms with Crippen LogP contribution < -0.4 is 9.80 Å². The molecule has 2 aromatic carbocycles. The van der Waals surface area contributed by atoms with Gasteiger partial charge in [0.2, 0.25) is 11.8 Å². The van der Waals surface area contributed by atoms with Crippen molar-refractivity contribution in [2.24, 2.45) is 0 Å². The summed E-state index contributed by atoms with van der Waals surface area (Å²) in [7, 11) is 0. The SMILES string of the molecule is O=C(c1cccc(N2C(=O)CCC2=O)c1)N(CCn1cccn1)c1nc2c(Cl)cccc2s1. The lowest BCUT2D eigenvalue weighted by molar-refractivity contribution is -0.121. The average Bonchev–Trinajstić information content (AvgIpc) is 3.55. The van der Waals surface area contributed by atoms with Crippen molar-refractivity contribution in [2.45, 2.75) is 19.4 Å². The highest BCUT2D eigenvalue weighted by Gasteiger charge is 2.31. The third-order valence-corrected chi connectivity index (χ3v) is 6.70. The van der Waals surface area contributed by atoms with Crippen molar-refractivity contribution in [3.63, 3.8) is 0 Å². The number of fused-ring (bicyclic) bond motifs is 1. The van der Waals surface area contributed by atoms with Crippen LogP contribution in [0.5, 0.6) is 0 Å². The fourth-order valence-corrected chi connectivity index (χ4v) is 5.03. The molecule has 1 aliphatic heterocycles. The minimum atomic E-state index is -0.293. The zero-order chi connectivity index (χ0) is 22.9. The summed E-state index contributed by atoms with van der Waals surface area (Å²) in [6.45, 7) is 0.787. The maximum Gasteiger partial charge on any atom is 0.260 e. The Bertz CT molecular complexity index is 1350. The number of nitrogens with zero attached hydrogens (tertiary/aromatic N) is 5. The van der Waals surface area contributed by atoms with E-state index in [1.54, 1.807) is 46.1 Å². The van der Waals surface area contributed by atoms with Gasteiger partial charge in [-0.2, -0.15) is 5.10 Å².